The Morgan fingerprint density at radius 2 is 1.96 bits per heavy atom. The van der Waals surface area contributed by atoms with Gasteiger partial charge < -0.3 is 19.5 Å². The van der Waals surface area contributed by atoms with E-state index in [0.717, 1.165) is 17.7 Å². The van der Waals surface area contributed by atoms with E-state index in [1.807, 2.05) is 25.1 Å². The average Bonchev–Trinajstić information content (AvgIpc) is 3.06. The number of fused-ring (bicyclic) bond motifs is 1. The van der Waals surface area contributed by atoms with E-state index in [2.05, 4.69) is 22.3 Å². The molecule has 0 amide bonds. The molecule has 1 aliphatic heterocycles. The van der Waals surface area contributed by atoms with Crippen molar-refractivity contribution < 1.29 is 19.0 Å². The van der Waals surface area contributed by atoms with Crippen molar-refractivity contribution in [2.24, 2.45) is 0 Å². The van der Waals surface area contributed by atoms with Crippen LogP contribution in [0.2, 0.25) is 0 Å². The second-order valence-electron chi connectivity index (χ2n) is 6.43. The highest BCUT2D eigenvalue weighted by Gasteiger charge is 2.36. The number of rotatable bonds is 7. The first-order valence-electron chi connectivity index (χ1n) is 9.36. The molecule has 0 fully saturated rings. The van der Waals surface area contributed by atoms with Crippen molar-refractivity contribution in [1.82, 2.24) is 14.8 Å². The van der Waals surface area contributed by atoms with E-state index >= 15 is 0 Å². The van der Waals surface area contributed by atoms with Gasteiger partial charge >= 0.3 is 5.97 Å². The summed E-state index contributed by atoms with van der Waals surface area (Å²) in [6.45, 7) is 5.98. The standard InChI is InChI=1S/C20H26N4O4/c1-6-8-14-17(19(25)28-7-2)18(24-20(22-14)21-12(3)23-24)13-9-10-15(26-4)16(11-13)27-5/h9-11,18H,6-8H2,1-5H3,(H,21,22,23). The third-order valence-electron chi connectivity index (χ3n) is 4.56. The van der Waals surface area contributed by atoms with Gasteiger partial charge in [0.25, 0.3) is 0 Å². The second kappa shape index (κ2) is 8.33. The number of allylic oxidation sites excluding steroid dienone is 1. The lowest BCUT2D eigenvalue weighted by atomic mass is 9.93. The van der Waals surface area contributed by atoms with Crippen molar-refractivity contribution in [3.8, 4) is 11.5 Å². The van der Waals surface area contributed by atoms with Crippen molar-refractivity contribution in [2.75, 3.05) is 26.1 Å². The number of anilines is 1. The molecule has 1 N–H and O–H groups in total. The Kier molecular flexibility index (Phi) is 5.87. The Hall–Kier alpha value is -3.03. The van der Waals surface area contributed by atoms with Gasteiger partial charge in [0.1, 0.15) is 11.9 Å². The molecule has 0 bridgehead atoms. The fraction of sp³-hybridized carbons (Fsp3) is 0.450. The number of carbonyl (C=O) groups is 1. The summed E-state index contributed by atoms with van der Waals surface area (Å²) < 4.78 is 17.9. The zero-order chi connectivity index (χ0) is 20.3. The first-order chi connectivity index (χ1) is 13.5. The maximum absolute atomic E-state index is 12.9. The van der Waals surface area contributed by atoms with Crippen LogP contribution in [0.5, 0.6) is 11.5 Å². The molecule has 1 aliphatic rings. The summed E-state index contributed by atoms with van der Waals surface area (Å²) in [7, 11) is 3.17. The van der Waals surface area contributed by atoms with Crippen molar-refractivity contribution >= 4 is 11.9 Å². The molecule has 1 unspecified atom stereocenters. The van der Waals surface area contributed by atoms with Crippen LogP contribution in [0.4, 0.5) is 5.95 Å². The Morgan fingerprint density at radius 1 is 1.21 bits per heavy atom. The Morgan fingerprint density at radius 3 is 2.61 bits per heavy atom. The SMILES string of the molecule is CCCC1=C(C(=O)OCC)C(c2ccc(OC)c(OC)c2)n2nc(C)nc2N1. The minimum absolute atomic E-state index is 0.295. The number of methoxy groups -OCH3 is 2. The third kappa shape index (κ3) is 3.54. The second-order valence-corrected chi connectivity index (χ2v) is 6.43. The fourth-order valence-electron chi connectivity index (χ4n) is 3.41. The van der Waals surface area contributed by atoms with Crippen molar-refractivity contribution in [3.05, 3.63) is 40.9 Å². The van der Waals surface area contributed by atoms with Crippen LogP contribution < -0.4 is 14.8 Å². The molecule has 3 rings (SSSR count). The predicted molar refractivity (Wildman–Crippen MR) is 105 cm³/mol. The van der Waals surface area contributed by atoms with E-state index in [-0.39, 0.29) is 5.97 Å². The van der Waals surface area contributed by atoms with Gasteiger partial charge in [-0.15, -0.1) is 0 Å². The minimum Gasteiger partial charge on any atom is -0.493 e. The van der Waals surface area contributed by atoms with Gasteiger partial charge in [0.2, 0.25) is 5.95 Å². The van der Waals surface area contributed by atoms with E-state index in [1.54, 1.807) is 25.8 Å². The van der Waals surface area contributed by atoms with Crippen LogP contribution in [0.1, 0.15) is 44.1 Å². The predicted octanol–water partition coefficient (Wildman–Crippen LogP) is 3.24. The maximum Gasteiger partial charge on any atom is 0.338 e. The quantitative estimate of drug-likeness (QED) is 0.731. The number of hydrogen-bond acceptors (Lipinski definition) is 7. The lowest BCUT2D eigenvalue weighted by Gasteiger charge is -2.29. The van der Waals surface area contributed by atoms with E-state index in [1.165, 1.54) is 0 Å². The summed E-state index contributed by atoms with van der Waals surface area (Å²) in [6, 6.07) is 5.11. The van der Waals surface area contributed by atoms with Gasteiger partial charge in [-0.1, -0.05) is 19.4 Å². The summed E-state index contributed by atoms with van der Waals surface area (Å²) in [4.78, 5) is 17.4. The first kappa shape index (κ1) is 19.7. The van der Waals surface area contributed by atoms with Crippen LogP contribution in [0.25, 0.3) is 0 Å². The molecule has 0 aliphatic carbocycles. The average molecular weight is 386 g/mol. The number of ether oxygens (including phenoxy) is 3. The minimum atomic E-state index is -0.474. The topological polar surface area (TPSA) is 87.5 Å². The molecule has 0 saturated heterocycles. The summed E-state index contributed by atoms with van der Waals surface area (Å²) >= 11 is 0. The maximum atomic E-state index is 12.9. The van der Waals surface area contributed by atoms with Gasteiger partial charge in [0.05, 0.1) is 26.4 Å². The molecule has 8 nitrogen and oxygen atoms in total. The molecule has 1 aromatic heterocycles. The van der Waals surface area contributed by atoms with Gasteiger partial charge in [-0.3, -0.25) is 0 Å². The number of benzene rings is 1. The lowest BCUT2D eigenvalue weighted by Crippen LogP contribution is -2.30. The van der Waals surface area contributed by atoms with Crippen LogP contribution in [-0.4, -0.2) is 41.6 Å². The molecule has 0 spiro atoms. The van der Waals surface area contributed by atoms with Crippen molar-refractivity contribution in [2.45, 2.75) is 39.7 Å². The third-order valence-corrected chi connectivity index (χ3v) is 4.56. The van der Waals surface area contributed by atoms with Gasteiger partial charge in [-0.25, -0.2) is 9.48 Å². The molecule has 2 aromatic rings. The number of nitrogens with one attached hydrogen (secondary N) is 1. The number of esters is 1. The number of hydrogen-bond donors (Lipinski definition) is 1. The van der Waals surface area contributed by atoms with Crippen molar-refractivity contribution in [1.29, 1.82) is 0 Å². The molecule has 28 heavy (non-hydrogen) atoms. The highest BCUT2D eigenvalue weighted by Crippen LogP contribution is 2.39. The highest BCUT2D eigenvalue weighted by molar-refractivity contribution is 5.92. The summed E-state index contributed by atoms with van der Waals surface area (Å²) in [6.07, 6.45) is 1.57. The molecule has 150 valence electrons. The monoisotopic (exact) mass is 386 g/mol. The van der Waals surface area contributed by atoms with E-state index in [9.17, 15) is 4.79 Å². The van der Waals surface area contributed by atoms with E-state index < -0.39 is 6.04 Å². The van der Waals surface area contributed by atoms with Crippen LogP contribution in [0, 0.1) is 6.92 Å². The van der Waals surface area contributed by atoms with Gasteiger partial charge in [-0.05, 0) is 38.0 Å². The van der Waals surface area contributed by atoms with Gasteiger partial charge in [-0.2, -0.15) is 10.1 Å². The number of aryl methyl sites for hydroxylation is 1. The molecule has 1 aromatic carbocycles. The molecule has 0 saturated carbocycles. The highest BCUT2D eigenvalue weighted by atomic mass is 16.5. The largest absolute Gasteiger partial charge is 0.493 e. The molecule has 8 heteroatoms. The summed E-state index contributed by atoms with van der Waals surface area (Å²) in [5.41, 5.74) is 2.18. The molecular formula is C20H26N4O4. The van der Waals surface area contributed by atoms with E-state index in [4.69, 9.17) is 14.2 Å². The van der Waals surface area contributed by atoms with Crippen LogP contribution in [-0.2, 0) is 9.53 Å². The normalized spacial score (nSPS) is 15.7. The van der Waals surface area contributed by atoms with Crippen molar-refractivity contribution in [3.63, 3.8) is 0 Å². The van der Waals surface area contributed by atoms with Crippen LogP contribution in [0.3, 0.4) is 0 Å². The Labute approximate surface area is 164 Å². The Balaban J connectivity index is 2.21. The van der Waals surface area contributed by atoms with Gasteiger partial charge in [0.15, 0.2) is 11.5 Å². The zero-order valence-electron chi connectivity index (χ0n) is 16.9. The lowest BCUT2D eigenvalue weighted by molar-refractivity contribution is -0.139. The molecule has 1 atom stereocenters. The van der Waals surface area contributed by atoms with Crippen LogP contribution >= 0.6 is 0 Å². The summed E-state index contributed by atoms with van der Waals surface area (Å²) in [5.74, 6) is 2.06. The molecule has 0 radical (unpaired) electrons. The fourth-order valence-corrected chi connectivity index (χ4v) is 3.41. The number of nitrogens with zero attached hydrogens (tertiary/aromatic N) is 3. The first-order valence-corrected chi connectivity index (χ1v) is 9.36. The molecule has 2 heterocycles. The summed E-state index contributed by atoms with van der Waals surface area (Å²) in [5, 5.41) is 7.79. The zero-order valence-corrected chi connectivity index (χ0v) is 16.9. The smallest absolute Gasteiger partial charge is 0.338 e. The number of carbonyl (C=O) groups excluding carboxylic acids is 1. The Bertz CT molecular complexity index is 904. The molecular weight excluding hydrogens is 360 g/mol. The van der Waals surface area contributed by atoms with Crippen LogP contribution in [0.15, 0.2) is 29.5 Å². The van der Waals surface area contributed by atoms with E-state index in [0.29, 0.717) is 41.9 Å². The van der Waals surface area contributed by atoms with Gasteiger partial charge in [0, 0.05) is 5.70 Å². The number of aromatic nitrogens is 3.